The molecule has 2 heterocycles. The quantitative estimate of drug-likeness (QED) is 0.546. The first-order valence-corrected chi connectivity index (χ1v) is 8.31. The lowest BCUT2D eigenvalue weighted by atomic mass is 10.2. The van der Waals surface area contributed by atoms with Gasteiger partial charge in [-0.05, 0) is 24.0 Å². The van der Waals surface area contributed by atoms with Crippen LogP contribution in [0.4, 0.5) is 0 Å². The summed E-state index contributed by atoms with van der Waals surface area (Å²) >= 11 is 1.54. The third-order valence-corrected chi connectivity index (χ3v) is 4.44. The summed E-state index contributed by atoms with van der Waals surface area (Å²) in [6.07, 6.45) is 0. The van der Waals surface area contributed by atoms with Crippen molar-refractivity contribution in [3.05, 3.63) is 52.8 Å². The Balaban J connectivity index is 2.04. The number of benzene rings is 2. The van der Waals surface area contributed by atoms with E-state index in [4.69, 9.17) is 9.47 Å². The van der Waals surface area contributed by atoms with Crippen LogP contribution in [0.15, 0.2) is 52.4 Å². The van der Waals surface area contributed by atoms with Crippen LogP contribution < -0.4 is 15.0 Å². The fourth-order valence-electron chi connectivity index (χ4n) is 2.59. The highest BCUT2D eigenvalue weighted by Crippen LogP contribution is 2.35. The number of hydrogen-bond donors (Lipinski definition) is 0. The third kappa shape index (κ3) is 2.35. The minimum atomic E-state index is -0.101. The molecule has 1 aliphatic rings. The maximum atomic E-state index is 13.0. The van der Waals surface area contributed by atoms with Crippen molar-refractivity contribution in [1.29, 1.82) is 0 Å². The van der Waals surface area contributed by atoms with Crippen LogP contribution in [0.25, 0.3) is 16.6 Å². The molecule has 0 fully saturated rings. The Morgan fingerprint density at radius 1 is 1.17 bits per heavy atom. The smallest absolute Gasteiger partial charge is 0.266 e. The van der Waals surface area contributed by atoms with Crippen molar-refractivity contribution < 1.29 is 9.47 Å². The lowest BCUT2D eigenvalue weighted by Crippen LogP contribution is -2.21. The molecule has 116 valence electrons. The number of nitrogens with zero attached hydrogens (tertiary/aromatic N) is 2. The van der Waals surface area contributed by atoms with Gasteiger partial charge in [-0.1, -0.05) is 36.9 Å². The van der Waals surface area contributed by atoms with Crippen molar-refractivity contribution in [2.75, 3.05) is 12.5 Å². The largest absolute Gasteiger partial charge is 0.454 e. The molecule has 0 N–H and O–H groups in total. The molecule has 0 bridgehead atoms. The van der Waals surface area contributed by atoms with Crippen molar-refractivity contribution in [3.8, 4) is 17.2 Å². The second kappa shape index (κ2) is 5.62. The average molecular weight is 326 g/mol. The van der Waals surface area contributed by atoms with Gasteiger partial charge in [0.1, 0.15) is 0 Å². The molecule has 5 nitrogen and oxygen atoms in total. The van der Waals surface area contributed by atoms with E-state index in [1.165, 1.54) is 11.8 Å². The Morgan fingerprint density at radius 2 is 1.91 bits per heavy atom. The summed E-state index contributed by atoms with van der Waals surface area (Å²) in [4.78, 5) is 17.7. The molecule has 4 rings (SSSR count). The number of rotatable bonds is 3. The Kier molecular flexibility index (Phi) is 3.46. The van der Waals surface area contributed by atoms with Crippen molar-refractivity contribution in [2.45, 2.75) is 12.1 Å². The monoisotopic (exact) mass is 326 g/mol. The van der Waals surface area contributed by atoms with Gasteiger partial charge in [0.15, 0.2) is 16.7 Å². The number of thioether (sulfide) groups is 1. The molecule has 3 aromatic rings. The van der Waals surface area contributed by atoms with Gasteiger partial charge in [-0.2, -0.15) is 0 Å². The topological polar surface area (TPSA) is 53.4 Å². The minimum Gasteiger partial charge on any atom is -0.454 e. The molecule has 0 unspecified atom stereocenters. The van der Waals surface area contributed by atoms with Crippen LogP contribution in [-0.2, 0) is 0 Å². The van der Waals surface area contributed by atoms with Crippen LogP contribution >= 0.6 is 11.8 Å². The van der Waals surface area contributed by atoms with Crippen LogP contribution in [0.1, 0.15) is 6.92 Å². The first-order valence-electron chi connectivity index (χ1n) is 7.32. The highest BCUT2D eigenvalue weighted by atomic mass is 32.2. The van der Waals surface area contributed by atoms with Gasteiger partial charge in [0, 0.05) is 6.07 Å². The zero-order valence-corrected chi connectivity index (χ0v) is 13.3. The van der Waals surface area contributed by atoms with Gasteiger partial charge in [-0.15, -0.1) is 0 Å². The van der Waals surface area contributed by atoms with E-state index in [1.54, 1.807) is 16.7 Å². The standard InChI is InChI=1S/C17H14N2O3S/c1-2-23-17-18-13-9-15-14(21-10-22-15)8-12(13)16(20)19(17)11-6-4-3-5-7-11/h3-9H,2,10H2,1H3. The van der Waals surface area contributed by atoms with Crippen molar-refractivity contribution in [3.63, 3.8) is 0 Å². The molecule has 0 saturated carbocycles. The van der Waals surface area contributed by atoms with E-state index in [1.807, 2.05) is 37.3 Å². The van der Waals surface area contributed by atoms with Crippen molar-refractivity contribution >= 4 is 22.7 Å². The predicted molar refractivity (Wildman–Crippen MR) is 89.9 cm³/mol. The molecule has 0 radical (unpaired) electrons. The summed E-state index contributed by atoms with van der Waals surface area (Å²) < 4.78 is 12.4. The second-order valence-corrected chi connectivity index (χ2v) is 6.26. The van der Waals surface area contributed by atoms with Crippen molar-refractivity contribution in [1.82, 2.24) is 9.55 Å². The van der Waals surface area contributed by atoms with E-state index in [0.29, 0.717) is 27.6 Å². The van der Waals surface area contributed by atoms with E-state index >= 15 is 0 Å². The van der Waals surface area contributed by atoms with E-state index in [2.05, 4.69) is 4.98 Å². The molecule has 1 aliphatic heterocycles. The zero-order valence-electron chi connectivity index (χ0n) is 12.5. The minimum absolute atomic E-state index is 0.101. The van der Waals surface area contributed by atoms with E-state index in [-0.39, 0.29) is 12.4 Å². The maximum Gasteiger partial charge on any atom is 0.266 e. The maximum absolute atomic E-state index is 13.0. The molecule has 0 saturated heterocycles. The normalized spacial score (nSPS) is 12.7. The summed E-state index contributed by atoms with van der Waals surface area (Å²) in [6.45, 7) is 2.21. The Morgan fingerprint density at radius 3 is 2.65 bits per heavy atom. The highest BCUT2D eigenvalue weighted by molar-refractivity contribution is 7.99. The molecular formula is C17H14N2O3S. The van der Waals surface area contributed by atoms with Crippen LogP contribution in [-0.4, -0.2) is 22.1 Å². The highest BCUT2D eigenvalue weighted by Gasteiger charge is 2.19. The SMILES string of the molecule is CCSc1nc2cc3c(cc2c(=O)n1-c1ccccc1)OCO3. The van der Waals surface area contributed by atoms with Gasteiger partial charge in [0.05, 0.1) is 16.6 Å². The van der Waals surface area contributed by atoms with Gasteiger partial charge in [-0.3, -0.25) is 9.36 Å². The Bertz CT molecular complexity index is 938. The fourth-order valence-corrected chi connectivity index (χ4v) is 3.32. The van der Waals surface area contributed by atoms with Crippen LogP contribution in [0, 0.1) is 0 Å². The molecule has 0 spiro atoms. The van der Waals surface area contributed by atoms with Gasteiger partial charge in [0.2, 0.25) is 6.79 Å². The fraction of sp³-hybridized carbons (Fsp3) is 0.176. The number of fused-ring (bicyclic) bond motifs is 2. The second-order valence-electron chi connectivity index (χ2n) is 5.03. The van der Waals surface area contributed by atoms with Gasteiger partial charge < -0.3 is 9.47 Å². The Hall–Kier alpha value is -2.47. The molecule has 0 amide bonds. The van der Waals surface area contributed by atoms with E-state index < -0.39 is 0 Å². The Labute approximate surface area is 136 Å². The van der Waals surface area contributed by atoms with E-state index in [0.717, 1.165) is 11.4 Å². The first kappa shape index (κ1) is 14.1. The summed E-state index contributed by atoms with van der Waals surface area (Å²) in [5.74, 6) is 2.05. The molecule has 23 heavy (non-hydrogen) atoms. The van der Waals surface area contributed by atoms with Crippen LogP contribution in [0.3, 0.4) is 0 Å². The third-order valence-electron chi connectivity index (χ3n) is 3.62. The van der Waals surface area contributed by atoms with E-state index in [9.17, 15) is 4.79 Å². The summed E-state index contributed by atoms with van der Waals surface area (Å²) in [5, 5.41) is 1.20. The first-order chi connectivity index (χ1) is 11.3. The zero-order chi connectivity index (χ0) is 15.8. The number of para-hydroxylation sites is 1. The van der Waals surface area contributed by atoms with Gasteiger partial charge in [0.25, 0.3) is 5.56 Å². The summed E-state index contributed by atoms with van der Waals surface area (Å²) in [5.41, 5.74) is 1.33. The lowest BCUT2D eigenvalue weighted by molar-refractivity contribution is 0.174. The summed E-state index contributed by atoms with van der Waals surface area (Å²) in [6, 6.07) is 13.0. The number of ether oxygens (including phenoxy) is 2. The number of aromatic nitrogens is 2. The number of hydrogen-bond acceptors (Lipinski definition) is 5. The van der Waals surface area contributed by atoms with Crippen LogP contribution in [0.2, 0.25) is 0 Å². The molecular weight excluding hydrogens is 312 g/mol. The van der Waals surface area contributed by atoms with Crippen molar-refractivity contribution in [2.24, 2.45) is 0 Å². The molecule has 6 heteroatoms. The van der Waals surface area contributed by atoms with Gasteiger partial charge >= 0.3 is 0 Å². The molecule has 0 atom stereocenters. The van der Waals surface area contributed by atoms with Gasteiger partial charge in [-0.25, -0.2) is 4.98 Å². The predicted octanol–water partition coefficient (Wildman–Crippen LogP) is 3.23. The molecule has 1 aromatic heterocycles. The average Bonchev–Trinajstić information content (AvgIpc) is 3.02. The van der Waals surface area contributed by atoms with Crippen LogP contribution in [0.5, 0.6) is 11.5 Å². The summed E-state index contributed by atoms with van der Waals surface area (Å²) in [7, 11) is 0. The molecule has 2 aromatic carbocycles. The molecule has 0 aliphatic carbocycles. The lowest BCUT2D eigenvalue weighted by Gasteiger charge is -2.12.